The number of fused-ring (bicyclic) bond motifs is 5. The number of imide groups is 1. The van der Waals surface area contributed by atoms with Crippen molar-refractivity contribution in [2.24, 2.45) is 22.7 Å². The van der Waals surface area contributed by atoms with Crippen LogP contribution in [0.1, 0.15) is 37.8 Å². The number of hydrogen-bond acceptors (Lipinski definition) is 5. The quantitative estimate of drug-likeness (QED) is 0.206. The van der Waals surface area contributed by atoms with Gasteiger partial charge in [0.1, 0.15) is 0 Å². The predicted molar refractivity (Wildman–Crippen MR) is 148 cm³/mol. The molecule has 2 aliphatic carbocycles. The molecule has 0 aromatic heterocycles. The summed E-state index contributed by atoms with van der Waals surface area (Å²) in [6.07, 6.45) is 0.648. The van der Waals surface area contributed by atoms with Crippen LogP contribution in [0, 0.1) is 32.8 Å². The molecule has 6 rings (SSSR count). The summed E-state index contributed by atoms with van der Waals surface area (Å²) in [6, 6.07) is 22.9. The minimum atomic E-state index is -1.23. The van der Waals surface area contributed by atoms with Crippen molar-refractivity contribution < 1.29 is 19.3 Å². The average Bonchev–Trinajstić information content (AvgIpc) is 3.45. The topological polar surface area (TPSA) is 97.6 Å². The van der Waals surface area contributed by atoms with Crippen molar-refractivity contribution in [1.29, 1.82) is 0 Å². The molecule has 1 heterocycles. The third-order valence-corrected chi connectivity index (χ3v) is 9.26. The molecule has 3 aromatic carbocycles. The van der Waals surface area contributed by atoms with Crippen molar-refractivity contribution in [1.82, 2.24) is 0 Å². The van der Waals surface area contributed by atoms with Crippen LogP contribution in [-0.2, 0) is 14.4 Å². The minimum absolute atomic E-state index is 0.0258. The highest BCUT2D eigenvalue weighted by atomic mass is 35.5. The highest BCUT2D eigenvalue weighted by molar-refractivity contribution is 6.39. The first-order valence-electron chi connectivity index (χ1n) is 13.0. The van der Waals surface area contributed by atoms with E-state index in [0.717, 1.165) is 33.2 Å². The summed E-state index contributed by atoms with van der Waals surface area (Å²) >= 11 is 6.43. The SMILES string of the molecule is CC[C@]12C(=O)[C@](CC)(C(c3ccccc3)=C1c1ccccc1)[C@H]1C(=O)N(c3cc([N+](=O)[O-])ccc3Cl)C(=O)[C@@H]12. The summed E-state index contributed by atoms with van der Waals surface area (Å²) in [6.45, 7) is 3.77. The molecule has 3 aliphatic rings. The van der Waals surface area contributed by atoms with E-state index in [1.54, 1.807) is 0 Å². The second kappa shape index (κ2) is 8.71. The summed E-state index contributed by atoms with van der Waals surface area (Å²) in [5.41, 5.74) is 0.483. The number of carbonyl (C=O) groups excluding carboxylic acids is 3. The van der Waals surface area contributed by atoms with Gasteiger partial charge < -0.3 is 0 Å². The summed E-state index contributed by atoms with van der Waals surface area (Å²) < 4.78 is 0. The second-order valence-corrected chi connectivity index (χ2v) is 10.7. The Bertz CT molecular complexity index is 1520. The molecule has 2 amide bonds. The Balaban J connectivity index is 1.66. The molecule has 1 saturated heterocycles. The number of halogens is 1. The maximum absolute atomic E-state index is 14.7. The fraction of sp³-hybridized carbons (Fsp3) is 0.258. The van der Waals surface area contributed by atoms with E-state index in [2.05, 4.69) is 0 Å². The van der Waals surface area contributed by atoms with Crippen LogP contribution in [0.4, 0.5) is 11.4 Å². The van der Waals surface area contributed by atoms with E-state index >= 15 is 0 Å². The first-order valence-corrected chi connectivity index (χ1v) is 13.4. The molecule has 3 aromatic rings. The third kappa shape index (κ3) is 3.02. The van der Waals surface area contributed by atoms with Crippen molar-refractivity contribution in [3.63, 3.8) is 0 Å². The van der Waals surface area contributed by atoms with Gasteiger partial charge in [0.05, 0.1) is 38.3 Å². The number of rotatable bonds is 6. The van der Waals surface area contributed by atoms with Crippen LogP contribution >= 0.6 is 11.6 Å². The lowest BCUT2D eigenvalue weighted by Gasteiger charge is -2.38. The van der Waals surface area contributed by atoms with Gasteiger partial charge in [-0.3, -0.25) is 24.5 Å². The van der Waals surface area contributed by atoms with Gasteiger partial charge in [0.25, 0.3) is 5.69 Å². The van der Waals surface area contributed by atoms with Crippen LogP contribution in [0.15, 0.2) is 78.9 Å². The molecular formula is C31H25ClN2O5. The number of benzene rings is 3. The molecular weight excluding hydrogens is 516 g/mol. The van der Waals surface area contributed by atoms with Gasteiger partial charge in [0, 0.05) is 12.1 Å². The van der Waals surface area contributed by atoms with Crippen molar-refractivity contribution in [2.75, 3.05) is 4.90 Å². The average molecular weight is 541 g/mol. The molecule has 8 heteroatoms. The first kappa shape index (κ1) is 25.2. The van der Waals surface area contributed by atoms with Gasteiger partial charge in [-0.2, -0.15) is 0 Å². The van der Waals surface area contributed by atoms with E-state index in [1.165, 1.54) is 12.1 Å². The van der Waals surface area contributed by atoms with Gasteiger partial charge in [-0.15, -0.1) is 0 Å². The van der Waals surface area contributed by atoms with Gasteiger partial charge >= 0.3 is 0 Å². The standard InChI is InChI=1S/C31H25ClN2O5/c1-3-30-23(18-11-7-5-8-12-18)24(19-13-9-6-10-14-19)31(4-2,29(30)37)26-25(30)27(35)33(28(26)36)22-17-20(34(38)39)15-16-21(22)32/h5-17,25-26H,3-4H2,1-2H3/t25-,26-,30-,31+/m1/s1. The summed E-state index contributed by atoms with van der Waals surface area (Å²) in [7, 11) is 0. The molecule has 0 N–H and O–H groups in total. The molecule has 2 bridgehead atoms. The van der Waals surface area contributed by atoms with Crippen LogP contribution in [0.25, 0.3) is 11.1 Å². The molecule has 0 spiro atoms. The number of allylic oxidation sites excluding steroid dienone is 2. The minimum Gasteiger partial charge on any atom is -0.298 e. The number of nitrogens with zero attached hydrogens (tertiary/aromatic N) is 2. The second-order valence-electron chi connectivity index (χ2n) is 10.3. The van der Waals surface area contributed by atoms with Gasteiger partial charge in [-0.05, 0) is 41.2 Å². The fourth-order valence-corrected chi connectivity index (χ4v) is 7.68. The smallest absolute Gasteiger partial charge is 0.271 e. The van der Waals surface area contributed by atoms with E-state index < -0.39 is 39.4 Å². The van der Waals surface area contributed by atoms with Crippen LogP contribution in [-0.4, -0.2) is 22.5 Å². The summed E-state index contributed by atoms with van der Waals surface area (Å²) in [5.74, 6) is -3.07. The number of ketones is 1. The zero-order valence-corrected chi connectivity index (χ0v) is 22.1. The highest BCUT2D eigenvalue weighted by Crippen LogP contribution is 2.75. The van der Waals surface area contributed by atoms with E-state index in [0.29, 0.717) is 12.8 Å². The molecule has 4 atom stereocenters. The lowest BCUT2D eigenvalue weighted by Crippen LogP contribution is -2.42. The van der Waals surface area contributed by atoms with Crippen LogP contribution in [0.3, 0.4) is 0 Å². The largest absolute Gasteiger partial charge is 0.298 e. The van der Waals surface area contributed by atoms with Crippen molar-refractivity contribution in [3.05, 3.63) is 105 Å². The Morgan fingerprint density at radius 2 is 1.26 bits per heavy atom. The number of hydrogen-bond donors (Lipinski definition) is 0. The Morgan fingerprint density at radius 3 is 1.67 bits per heavy atom. The Hall–Kier alpha value is -4.10. The number of anilines is 1. The number of Topliss-reactive ketones (excluding diaryl/α,β-unsaturated/α-hetero) is 1. The Kier molecular flexibility index (Phi) is 5.63. The van der Waals surface area contributed by atoms with Crippen molar-refractivity contribution in [2.45, 2.75) is 26.7 Å². The van der Waals surface area contributed by atoms with Crippen molar-refractivity contribution in [3.8, 4) is 0 Å². The zero-order chi connectivity index (χ0) is 27.7. The maximum Gasteiger partial charge on any atom is 0.271 e. The molecule has 1 aliphatic heterocycles. The van der Waals surface area contributed by atoms with Gasteiger partial charge in [0.2, 0.25) is 11.8 Å². The summed E-state index contributed by atoms with van der Waals surface area (Å²) in [4.78, 5) is 55.2. The number of non-ortho nitro benzene ring substituents is 1. The molecule has 1 saturated carbocycles. The van der Waals surface area contributed by atoms with E-state index in [9.17, 15) is 24.5 Å². The lowest BCUT2D eigenvalue weighted by atomic mass is 9.60. The highest BCUT2D eigenvalue weighted by Gasteiger charge is 2.80. The van der Waals surface area contributed by atoms with E-state index in [4.69, 9.17) is 11.6 Å². The summed E-state index contributed by atoms with van der Waals surface area (Å²) in [5, 5.41) is 11.6. The van der Waals surface area contributed by atoms with E-state index in [-0.39, 0.29) is 22.2 Å². The lowest BCUT2D eigenvalue weighted by molar-refractivity contribution is -0.384. The molecule has 7 nitrogen and oxygen atoms in total. The number of amides is 2. The number of carbonyl (C=O) groups is 3. The fourth-order valence-electron chi connectivity index (χ4n) is 7.48. The Morgan fingerprint density at radius 1 is 0.795 bits per heavy atom. The molecule has 196 valence electrons. The Labute approximate surface area is 230 Å². The predicted octanol–water partition coefficient (Wildman–Crippen LogP) is 6.35. The van der Waals surface area contributed by atoms with Crippen molar-refractivity contribution >= 4 is 51.7 Å². The molecule has 39 heavy (non-hydrogen) atoms. The number of nitro groups is 1. The van der Waals surface area contributed by atoms with Gasteiger partial charge in [-0.1, -0.05) is 86.1 Å². The molecule has 0 radical (unpaired) electrons. The monoisotopic (exact) mass is 540 g/mol. The van der Waals surface area contributed by atoms with Crippen LogP contribution in [0.5, 0.6) is 0 Å². The molecule has 2 fully saturated rings. The normalized spacial score (nSPS) is 27.5. The van der Waals surface area contributed by atoms with Gasteiger partial charge in [0.15, 0.2) is 5.78 Å². The first-order chi connectivity index (χ1) is 18.8. The number of nitro benzene ring substituents is 1. The van der Waals surface area contributed by atoms with Crippen LogP contribution in [0.2, 0.25) is 5.02 Å². The van der Waals surface area contributed by atoms with Gasteiger partial charge in [-0.25, -0.2) is 4.90 Å². The van der Waals surface area contributed by atoms with Crippen LogP contribution < -0.4 is 4.90 Å². The zero-order valence-electron chi connectivity index (χ0n) is 21.4. The van der Waals surface area contributed by atoms with E-state index in [1.807, 2.05) is 74.5 Å². The maximum atomic E-state index is 14.7. The molecule has 0 unspecified atom stereocenters. The third-order valence-electron chi connectivity index (χ3n) is 8.94.